The average molecular weight is 307 g/mol. The van der Waals surface area contributed by atoms with Crippen LogP contribution in [0.3, 0.4) is 0 Å². The van der Waals surface area contributed by atoms with E-state index in [1.807, 2.05) is 29.6 Å². The lowest BCUT2D eigenvalue weighted by Gasteiger charge is -2.18. The van der Waals surface area contributed by atoms with Gasteiger partial charge >= 0.3 is 0 Å². The minimum atomic E-state index is -1.44. The van der Waals surface area contributed by atoms with Crippen molar-refractivity contribution in [3.8, 4) is 0 Å². The van der Waals surface area contributed by atoms with Gasteiger partial charge in [-0.05, 0) is 47.1 Å². The molecule has 0 fully saturated rings. The van der Waals surface area contributed by atoms with E-state index >= 15 is 0 Å². The molecule has 1 aromatic heterocycles. The number of benzene rings is 2. The highest BCUT2D eigenvalue weighted by molar-refractivity contribution is 7.17. The first-order chi connectivity index (χ1) is 10.1. The van der Waals surface area contributed by atoms with Gasteiger partial charge in [0, 0.05) is 4.70 Å². The van der Waals surface area contributed by atoms with E-state index in [0.717, 1.165) is 27.8 Å². The van der Waals surface area contributed by atoms with E-state index < -0.39 is 23.5 Å². The molecule has 3 aromatic rings. The molecule has 0 aliphatic rings. The van der Waals surface area contributed by atoms with Gasteiger partial charge < -0.3 is 5.32 Å². The summed E-state index contributed by atoms with van der Waals surface area (Å²) < 4.78 is 41.1. The second kappa shape index (κ2) is 5.50. The normalized spacial score (nSPS) is 12.8. The summed E-state index contributed by atoms with van der Waals surface area (Å²) in [7, 11) is 1.70. The molecule has 1 atom stereocenters. The van der Waals surface area contributed by atoms with E-state index in [4.69, 9.17) is 0 Å². The van der Waals surface area contributed by atoms with Crippen LogP contribution in [0.1, 0.15) is 17.2 Å². The van der Waals surface area contributed by atoms with E-state index in [1.165, 1.54) is 0 Å². The lowest BCUT2D eigenvalue weighted by molar-refractivity contribution is 0.443. The molecule has 1 heterocycles. The molecule has 2 aromatic carbocycles. The molecule has 0 radical (unpaired) electrons. The Hall–Kier alpha value is -1.85. The van der Waals surface area contributed by atoms with Gasteiger partial charge in [-0.2, -0.15) is 0 Å². The van der Waals surface area contributed by atoms with E-state index in [9.17, 15) is 13.2 Å². The van der Waals surface area contributed by atoms with Crippen LogP contribution in [0.15, 0.2) is 41.8 Å². The molecule has 0 aliphatic carbocycles. The SMILES string of the molecule is CNC(c1cc(F)c(F)c(F)c1)c1cccc2ccsc12. The van der Waals surface area contributed by atoms with Gasteiger partial charge in [-0.1, -0.05) is 18.2 Å². The number of rotatable bonds is 3. The minimum absolute atomic E-state index is 0.356. The third kappa shape index (κ3) is 2.43. The summed E-state index contributed by atoms with van der Waals surface area (Å²) in [4.78, 5) is 0. The number of thiophene rings is 1. The van der Waals surface area contributed by atoms with E-state index in [1.54, 1.807) is 18.4 Å². The Bertz CT molecular complexity index is 774. The van der Waals surface area contributed by atoms with E-state index in [0.29, 0.717) is 5.56 Å². The van der Waals surface area contributed by atoms with Crippen LogP contribution in [0.25, 0.3) is 10.1 Å². The number of hydrogen-bond acceptors (Lipinski definition) is 2. The minimum Gasteiger partial charge on any atom is -0.309 e. The van der Waals surface area contributed by atoms with Gasteiger partial charge in [-0.3, -0.25) is 0 Å². The maximum Gasteiger partial charge on any atom is 0.194 e. The van der Waals surface area contributed by atoms with Gasteiger partial charge in [-0.15, -0.1) is 11.3 Å². The standard InChI is InChI=1S/C16H12F3NS/c1-20-15(10-7-12(17)14(19)13(18)8-10)11-4-2-3-9-5-6-21-16(9)11/h2-8,15,20H,1H3. The van der Waals surface area contributed by atoms with Crippen LogP contribution in [0, 0.1) is 17.5 Å². The molecule has 0 spiro atoms. The Morgan fingerprint density at radius 3 is 2.43 bits per heavy atom. The lowest BCUT2D eigenvalue weighted by atomic mass is 9.97. The summed E-state index contributed by atoms with van der Waals surface area (Å²) in [5.41, 5.74) is 1.27. The summed E-state index contributed by atoms with van der Waals surface area (Å²) in [6.07, 6.45) is 0. The second-order valence-corrected chi connectivity index (χ2v) is 5.62. The highest BCUT2D eigenvalue weighted by atomic mass is 32.1. The number of fused-ring (bicyclic) bond motifs is 1. The molecule has 0 amide bonds. The first-order valence-electron chi connectivity index (χ1n) is 6.39. The van der Waals surface area contributed by atoms with Crippen molar-refractivity contribution in [2.75, 3.05) is 7.05 Å². The zero-order valence-electron chi connectivity index (χ0n) is 11.2. The fourth-order valence-electron chi connectivity index (χ4n) is 2.49. The first-order valence-corrected chi connectivity index (χ1v) is 7.27. The molecule has 1 unspecified atom stereocenters. The molecule has 1 nitrogen and oxygen atoms in total. The molecule has 21 heavy (non-hydrogen) atoms. The Morgan fingerprint density at radius 1 is 1.05 bits per heavy atom. The Balaban J connectivity index is 2.16. The maximum atomic E-state index is 13.5. The predicted octanol–water partition coefficient (Wildman–Crippen LogP) is 4.63. The van der Waals surface area contributed by atoms with Crippen LogP contribution in [-0.4, -0.2) is 7.05 Å². The van der Waals surface area contributed by atoms with Crippen molar-refractivity contribution >= 4 is 21.4 Å². The summed E-state index contributed by atoms with van der Waals surface area (Å²) in [5.74, 6) is -3.80. The third-order valence-corrected chi connectivity index (χ3v) is 4.43. The molecule has 1 N–H and O–H groups in total. The molecule has 3 rings (SSSR count). The van der Waals surface area contributed by atoms with Crippen molar-refractivity contribution in [3.05, 3.63) is 70.4 Å². The van der Waals surface area contributed by atoms with Crippen molar-refractivity contribution in [1.82, 2.24) is 5.32 Å². The largest absolute Gasteiger partial charge is 0.309 e. The molecule has 108 valence electrons. The molecule has 0 saturated carbocycles. The number of hydrogen-bond donors (Lipinski definition) is 1. The molecule has 0 bridgehead atoms. The molecular formula is C16H12F3NS. The zero-order valence-corrected chi connectivity index (χ0v) is 12.0. The summed E-state index contributed by atoms with van der Waals surface area (Å²) in [5, 5.41) is 6.08. The quantitative estimate of drug-likeness (QED) is 0.696. The van der Waals surface area contributed by atoms with Crippen molar-refractivity contribution in [2.24, 2.45) is 0 Å². The maximum absolute atomic E-state index is 13.5. The fourth-order valence-corrected chi connectivity index (χ4v) is 3.43. The van der Waals surface area contributed by atoms with Crippen molar-refractivity contribution in [3.63, 3.8) is 0 Å². The van der Waals surface area contributed by atoms with Gasteiger partial charge in [0.1, 0.15) is 0 Å². The highest BCUT2D eigenvalue weighted by Gasteiger charge is 2.19. The average Bonchev–Trinajstić information content (AvgIpc) is 2.94. The number of nitrogens with one attached hydrogen (secondary N) is 1. The summed E-state index contributed by atoms with van der Waals surface area (Å²) in [6, 6.07) is 9.43. The van der Waals surface area contributed by atoms with E-state index in [2.05, 4.69) is 5.32 Å². The second-order valence-electron chi connectivity index (χ2n) is 4.71. The van der Waals surface area contributed by atoms with Crippen LogP contribution in [0.5, 0.6) is 0 Å². The van der Waals surface area contributed by atoms with Crippen molar-refractivity contribution in [2.45, 2.75) is 6.04 Å². The van der Waals surface area contributed by atoms with E-state index in [-0.39, 0.29) is 0 Å². The topological polar surface area (TPSA) is 12.0 Å². The van der Waals surface area contributed by atoms with Gasteiger partial charge in [-0.25, -0.2) is 13.2 Å². The van der Waals surface area contributed by atoms with Crippen LogP contribution in [0.4, 0.5) is 13.2 Å². The van der Waals surface area contributed by atoms with Crippen molar-refractivity contribution in [1.29, 1.82) is 0 Å². The van der Waals surface area contributed by atoms with Crippen LogP contribution < -0.4 is 5.32 Å². The van der Waals surface area contributed by atoms with Crippen LogP contribution >= 0.6 is 11.3 Å². The number of halogens is 3. The van der Waals surface area contributed by atoms with Gasteiger partial charge in [0.2, 0.25) is 0 Å². The smallest absolute Gasteiger partial charge is 0.194 e. The Labute approximate surface area is 124 Å². The molecular weight excluding hydrogens is 295 g/mol. The molecule has 5 heteroatoms. The van der Waals surface area contributed by atoms with Crippen molar-refractivity contribution < 1.29 is 13.2 Å². The third-order valence-electron chi connectivity index (χ3n) is 3.45. The first kappa shape index (κ1) is 14.1. The zero-order chi connectivity index (χ0) is 15.0. The Morgan fingerprint density at radius 2 is 1.76 bits per heavy atom. The summed E-state index contributed by atoms with van der Waals surface area (Å²) in [6.45, 7) is 0. The monoisotopic (exact) mass is 307 g/mol. The predicted molar refractivity (Wildman–Crippen MR) is 79.0 cm³/mol. The lowest BCUT2D eigenvalue weighted by Crippen LogP contribution is -2.18. The fraction of sp³-hybridized carbons (Fsp3) is 0.125. The van der Waals surface area contributed by atoms with Crippen LogP contribution in [-0.2, 0) is 0 Å². The van der Waals surface area contributed by atoms with Crippen LogP contribution in [0.2, 0.25) is 0 Å². The van der Waals surface area contributed by atoms with Gasteiger partial charge in [0.25, 0.3) is 0 Å². The highest BCUT2D eigenvalue weighted by Crippen LogP contribution is 2.33. The summed E-state index contributed by atoms with van der Waals surface area (Å²) >= 11 is 1.56. The van der Waals surface area contributed by atoms with Gasteiger partial charge in [0.15, 0.2) is 17.5 Å². The van der Waals surface area contributed by atoms with Gasteiger partial charge in [0.05, 0.1) is 6.04 Å². The molecule has 0 aliphatic heterocycles. The molecule has 0 saturated heterocycles. The Kier molecular flexibility index (Phi) is 3.69.